The fourth-order valence-electron chi connectivity index (χ4n) is 11.4. The highest BCUT2D eigenvalue weighted by Crippen LogP contribution is 2.42. The second-order valence-electron chi connectivity index (χ2n) is 19.5. The summed E-state index contributed by atoms with van der Waals surface area (Å²) < 4.78 is 21.8. The summed E-state index contributed by atoms with van der Waals surface area (Å²) in [4.78, 5) is 15.7. The summed E-state index contributed by atoms with van der Waals surface area (Å²) in [7, 11) is 0. The Morgan fingerprint density at radius 1 is 0.263 bits per heavy atom. The zero-order valence-corrected chi connectivity index (χ0v) is 40.6. The van der Waals surface area contributed by atoms with E-state index in [9.17, 15) is 0 Å². The fourth-order valence-corrected chi connectivity index (χ4v) is 11.4. The first-order chi connectivity index (χ1) is 37.6. The number of rotatable bonds is 7. The Morgan fingerprint density at radius 3 is 1.62 bits per heavy atom. The number of fused-ring (bicyclic) bond motifs is 12. The molecule has 0 aliphatic carbocycles. The van der Waals surface area contributed by atoms with E-state index in [1.807, 2.05) is 54.6 Å². The molecule has 0 atom stereocenters. The second kappa shape index (κ2) is 16.6. The van der Waals surface area contributed by atoms with Crippen molar-refractivity contribution in [3.8, 4) is 73.2 Å². The summed E-state index contributed by atoms with van der Waals surface area (Å²) in [6, 6.07) is 84.6. The van der Waals surface area contributed by atoms with Gasteiger partial charge < -0.3 is 17.8 Å². The third-order valence-corrected chi connectivity index (χ3v) is 15.1. The van der Waals surface area contributed by atoms with Crippen molar-refractivity contribution in [3.05, 3.63) is 243 Å². The Balaban J connectivity index is 0.807. The molecular formula is C69H40N4O3. The molecule has 16 aromatic rings. The number of nitrogens with zero attached hydrogens (tertiary/aromatic N) is 4. The Morgan fingerprint density at radius 2 is 0.789 bits per heavy atom. The second-order valence-corrected chi connectivity index (χ2v) is 19.5. The molecule has 7 heteroatoms. The van der Waals surface area contributed by atoms with Crippen molar-refractivity contribution in [1.82, 2.24) is 19.5 Å². The highest BCUT2D eigenvalue weighted by Gasteiger charge is 2.21. The van der Waals surface area contributed by atoms with Crippen LogP contribution < -0.4 is 0 Å². The normalized spacial score (nSPS) is 11.9. The smallest absolute Gasteiger partial charge is 0.164 e. The van der Waals surface area contributed by atoms with Gasteiger partial charge >= 0.3 is 0 Å². The van der Waals surface area contributed by atoms with E-state index in [0.717, 1.165) is 133 Å². The molecule has 0 radical (unpaired) electrons. The van der Waals surface area contributed by atoms with Crippen molar-refractivity contribution < 1.29 is 13.3 Å². The maximum atomic E-state index is 6.63. The van der Waals surface area contributed by atoms with Crippen molar-refractivity contribution in [2.45, 2.75) is 0 Å². The Labute approximate surface area is 434 Å². The van der Waals surface area contributed by atoms with Crippen LogP contribution in [0.5, 0.6) is 0 Å². The molecule has 0 saturated heterocycles. The van der Waals surface area contributed by atoms with Crippen molar-refractivity contribution >= 4 is 87.6 Å². The fraction of sp³-hybridized carbons (Fsp3) is 0. The highest BCUT2D eigenvalue weighted by atomic mass is 16.3. The molecule has 5 heterocycles. The van der Waals surface area contributed by atoms with Crippen molar-refractivity contribution in [1.29, 1.82) is 0 Å². The van der Waals surface area contributed by atoms with Crippen LogP contribution in [0.25, 0.3) is 161 Å². The molecule has 7 nitrogen and oxygen atoms in total. The SMILES string of the molecule is c1ccc(-c2ccc(-c3nc(-c4ccc5c(c4)oc4ccccc45)nc(-c4cccc5oc6ccc(-c7ccc8c(c7)c7ccccc7n8-c7ccc(-c8cccc9c8oc8ccccc89)cc7)cc6c45)n3)cc2)cc1. The summed E-state index contributed by atoms with van der Waals surface area (Å²) in [6.45, 7) is 0. The molecular weight excluding hydrogens is 933 g/mol. The van der Waals surface area contributed by atoms with Gasteiger partial charge in [0.2, 0.25) is 0 Å². The number of aromatic nitrogens is 4. The van der Waals surface area contributed by atoms with E-state index in [2.05, 4.69) is 193 Å². The van der Waals surface area contributed by atoms with Crippen molar-refractivity contribution in [2.75, 3.05) is 0 Å². The molecule has 0 aliphatic heterocycles. The highest BCUT2D eigenvalue weighted by molar-refractivity contribution is 6.15. The maximum Gasteiger partial charge on any atom is 0.164 e. The molecule has 76 heavy (non-hydrogen) atoms. The lowest BCUT2D eigenvalue weighted by Crippen LogP contribution is -2.00. The zero-order chi connectivity index (χ0) is 49.8. The summed E-state index contributed by atoms with van der Waals surface area (Å²) >= 11 is 0. The molecule has 0 aliphatic rings. The van der Waals surface area contributed by atoms with Gasteiger partial charge in [-0.1, -0.05) is 170 Å². The number of furan rings is 3. The van der Waals surface area contributed by atoms with Crippen LogP contribution in [0.15, 0.2) is 256 Å². The molecule has 0 amide bonds. The van der Waals surface area contributed by atoms with Crippen LogP contribution in [0.2, 0.25) is 0 Å². The van der Waals surface area contributed by atoms with Crippen molar-refractivity contribution in [2.24, 2.45) is 0 Å². The van der Waals surface area contributed by atoms with E-state index >= 15 is 0 Å². The lowest BCUT2D eigenvalue weighted by molar-refractivity contribution is 0.668. The number of benzene rings is 11. The molecule has 354 valence electrons. The van der Waals surface area contributed by atoms with Gasteiger partial charge in [-0.25, -0.2) is 15.0 Å². The molecule has 0 fully saturated rings. The molecule has 0 saturated carbocycles. The zero-order valence-electron chi connectivity index (χ0n) is 40.6. The first-order valence-corrected chi connectivity index (χ1v) is 25.5. The standard InChI is InChI=1S/C69H40N4O3/c1-2-12-41(13-3-1)42-24-26-44(27-25-42)67-70-68(47-30-35-53-51-15-5-8-21-60(51)75-64(53)40-47)72-69(71-67)55-19-11-23-63-65(55)57-39-46(32-37-62(57)74-63)45-31-36-59-56(38-45)50-14-4-7-20-58(50)73(59)48-33-28-43(29-34-48)49-17-10-18-54-52-16-6-9-22-61(52)76-66(49)54/h1-40H. The van der Waals surface area contributed by atoms with E-state index in [1.54, 1.807) is 0 Å². The quantitative estimate of drug-likeness (QED) is 0.158. The van der Waals surface area contributed by atoms with Gasteiger partial charge in [0, 0.05) is 71.0 Å². The predicted molar refractivity (Wildman–Crippen MR) is 309 cm³/mol. The monoisotopic (exact) mass is 972 g/mol. The van der Waals surface area contributed by atoms with Crippen LogP contribution in [0.4, 0.5) is 0 Å². The van der Waals surface area contributed by atoms with Crippen LogP contribution in [0, 0.1) is 0 Å². The first kappa shape index (κ1) is 42.2. The largest absolute Gasteiger partial charge is 0.456 e. The van der Waals surface area contributed by atoms with Gasteiger partial charge in [-0.3, -0.25) is 0 Å². The van der Waals surface area contributed by atoms with Gasteiger partial charge in [-0.15, -0.1) is 0 Å². The van der Waals surface area contributed by atoms with E-state index in [-0.39, 0.29) is 0 Å². The van der Waals surface area contributed by atoms with Gasteiger partial charge in [0.1, 0.15) is 33.5 Å². The van der Waals surface area contributed by atoms with Gasteiger partial charge in [0.15, 0.2) is 17.5 Å². The number of hydrogen-bond acceptors (Lipinski definition) is 6. The lowest BCUT2D eigenvalue weighted by Gasteiger charge is -2.10. The van der Waals surface area contributed by atoms with Gasteiger partial charge in [0.05, 0.1) is 11.0 Å². The third kappa shape index (κ3) is 6.66. The Bertz CT molecular complexity index is 4990. The topological polar surface area (TPSA) is 83.0 Å². The van der Waals surface area contributed by atoms with Crippen LogP contribution in [-0.2, 0) is 0 Å². The Hall–Kier alpha value is -10.4. The Kier molecular flexibility index (Phi) is 9.20. The maximum absolute atomic E-state index is 6.63. The molecule has 0 bridgehead atoms. The van der Waals surface area contributed by atoms with E-state index in [4.69, 9.17) is 28.2 Å². The summed E-state index contributed by atoms with van der Waals surface area (Å²) in [5.41, 5.74) is 17.5. The van der Waals surface area contributed by atoms with Crippen molar-refractivity contribution in [3.63, 3.8) is 0 Å². The van der Waals surface area contributed by atoms with E-state index < -0.39 is 0 Å². The summed E-state index contributed by atoms with van der Waals surface area (Å²) in [5.74, 6) is 1.66. The molecule has 16 rings (SSSR count). The molecule has 0 unspecified atom stereocenters. The minimum atomic E-state index is 0.545. The van der Waals surface area contributed by atoms with E-state index in [1.165, 1.54) is 10.8 Å². The van der Waals surface area contributed by atoms with E-state index in [0.29, 0.717) is 17.5 Å². The lowest BCUT2D eigenvalue weighted by atomic mass is 9.99. The summed E-state index contributed by atoms with van der Waals surface area (Å²) in [6.07, 6.45) is 0. The first-order valence-electron chi connectivity index (χ1n) is 25.5. The summed E-state index contributed by atoms with van der Waals surface area (Å²) in [5, 5.41) is 8.63. The average Bonchev–Trinajstić information content (AvgIpc) is 4.28. The molecule has 0 N–H and O–H groups in total. The van der Waals surface area contributed by atoms with Crippen LogP contribution in [0.1, 0.15) is 0 Å². The predicted octanol–water partition coefficient (Wildman–Crippen LogP) is 18.7. The molecule has 11 aromatic carbocycles. The third-order valence-electron chi connectivity index (χ3n) is 15.1. The number of hydrogen-bond donors (Lipinski definition) is 0. The van der Waals surface area contributed by atoms with Crippen LogP contribution >= 0.6 is 0 Å². The van der Waals surface area contributed by atoms with Gasteiger partial charge in [0.25, 0.3) is 0 Å². The average molecular weight is 973 g/mol. The van der Waals surface area contributed by atoms with Gasteiger partial charge in [-0.2, -0.15) is 0 Å². The van der Waals surface area contributed by atoms with Crippen LogP contribution in [0.3, 0.4) is 0 Å². The minimum Gasteiger partial charge on any atom is -0.456 e. The molecule has 5 aromatic heterocycles. The number of para-hydroxylation sites is 4. The minimum absolute atomic E-state index is 0.545. The van der Waals surface area contributed by atoms with Crippen LogP contribution in [-0.4, -0.2) is 19.5 Å². The molecule has 0 spiro atoms. The van der Waals surface area contributed by atoms with Gasteiger partial charge in [-0.05, 0) is 101 Å².